The lowest BCUT2D eigenvalue weighted by Gasteiger charge is -2.48. The van der Waals surface area contributed by atoms with E-state index < -0.39 is 11.2 Å². The van der Waals surface area contributed by atoms with E-state index in [1.54, 1.807) is 27.5 Å². The molecule has 1 amide bonds. The van der Waals surface area contributed by atoms with E-state index in [2.05, 4.69) is 44.0 Å². The molecule has 1 unspecified atom stereocenters. The van der Waals surface area contributed by atoms with Crippen LogP contribution in [0.2, 0.25) is 0 Å². The monoisotopic (exact) mass is 515 g/mol. The number of carbonyl (C=O) groups is 1. The number of aromatic hydroxyl groups is 1. The van der Waals surface area contributed by atoms with Gasteiger partial charge in [0, 0.05) is 28.5 Å². The Morgan fingerprint density at radius 2 is 1.86 bits per heavy atom. The van der Waals surface area contributed by atoms with Crippen molar-refractivity contribution in [3.8, 4) is 11.5 Å². The number of ether oxygens (including phenoxy) is 1. The van der Waals surface area contributed by atoms with Crippen LogP contribution in [0.1, 0.15) is 54.0 Å². The van der Waals surface area contributed by atoms with Gasteiger partial charge in [-0.05, 0) is 34.8 Å². The molecule has 190 valence electrons. The summed E-state index contributed by atoms with van der Waals surface area (Å²) in [6.07, 6.45) is 5.56. The molecule has 2 aromatic carbocycles. The summed E-state index contributed by atoms with van der Waals surface area (Å²) in [5, 5.41) is 13.0. The Balaban J connectivity index is 1.69. The number of thioether (sulfide) groups is 1. The van der Waals surface area contributed by atoms with Crippen LogP contribution >= 0.6 is 11.8 Å². The lowest BCUT2D eigenvalue weighted by Crippen LogP contribution is -2.60. The summed E-state index contributed by atoms with van der Waals surface area (Å²) in [6.45, 7) is 6.87. The first-order valence-corrected chi connectivity index (χ1v) is 13.4. The first-order valence-electron chi connectivity index (χ1n) is 12.4. The molecule has 1 N–H and O–H groups in total. The van der Waals surface area contributed by atoms with Crippen molar-refractivity contribution >= 4 is 17.7 Å². The van der Waals surface area contributed by atoms with Crippen LogP contribution < -0.4 is 15.2 Å². The van der Waals surface area contributed by atoms with Gasteiger partial charge in [-0.15, -0.1) is 11.8 Å². The van der Waals surface area contributed by atoms with Crippen LogP contribution in [0.5, 0.6) is 11.5 Å². The summed E-state index contributed by atoms with van der Waals surface area (Å²) >= 11 is 1.77. The highest BCUT2D eigenvalue weighted by Gasteiger charge is 2.43. The van der Waals surface area contributed by atoms with E-state index in [-0.39, 0.29) is 35.8 Å². The van der Waals surface area contributed by atoms with Crippen molar-refractivity contribution in [1.29, 1.82) is 0 Å². The SMILES string of the molecule is CC(C)(C)C1/C=C/COc2cccc3c2[C@H](c2ccccc2SC3)N2CN1C(=O)c1c(O)c(=O)ccn12. The van der Waals surface area contributed by atoms with Gasteiger partial charge in [-0.25, -0.2) is 0 Å². The molecule has 0 saturated carbocycles. The fraction of sp³-hybridized carbons (Fsp3) is 0.310. The van der Waals surface area contributed by atoms with Crippen molar-refractivity contribution in [3.63, 3.8) is 0 Å². The van der Waals surface area contributed by atoms with Gasteiger partial charge < -0.3 is 14.7 Å². The number of benzene rings is 2. The standard InChI is InChI=1S/C29H29N3O4S/c1-29(2,3)23-12-7-15-36-21-10-6-8-18-16-37-22-11-5-4-9-19(22)25(24(18)21)32-17-30(23)28(35)26-27(34)20(33)13-14-31(26)32/h4-14,23,25,34H,15-17H2,1-3H3/b12-7+/t23?,25-/m0/s1. The molecular weight excluding hydrogens is 486 g/mol. The molecule has 37 heavy (non-hydrogen) atoms. The number of amides is 1. The van der Waals surface area contributed by atoms with Gasteiger partial charge in [-0.1, -0.05) is 57.2 Å². The second-order valence-electron chi connectivity index (χ2n) is 10.7. The van der Waals surface area contributed by atoms with Crippen LogP contribution in [0.25, 0.3) is 0 Å². The Kier molecular flexibility index (Phi) is 5.60. The molecule has 7 nitrogen and oxygen atoms in total. The van der Waals surface area contributed by atoms with E-state index in [0.29, 0.717) is 6.61 Å². The molecule has 0 saturated heterocycles. The fourth-order valence-electron chi connectivity index (χ4n) is 5.57. The number of hydrogen-bond acceptors (Lipinski definition) is 6. The molecule has 4 heterocycles. The van der Waals surface area contributed by atoms with Crippen molar-refractivity contribution in [3.05, 3.63) is 99.5 Å². The van der Waals surface area contributed by atoms with Crippen LogP contribution in [-0.4, -0.2) is 39.9 Å². The summed E-state index contributed by atoms with van der Waals surface area (Å²) in [5.41, 5.74) is 2.36. The minimum Gasteiger partial charge on any atom is -0.502 e. The van der Waals surface area contributed by atoms with E-state index in [4.69, 9.17) is 4.74 Å². The molecule has 0 fully saturated rings. The number of nitrogens with zero attached hydrogens (tertiary/aromatic N) is 3. The van der Waals surface area contributed by atoms with E-state index in [1.807, 2.05) is 36.4 Å². The molecule has 1 aromatic heterocycles. The van der Waals surface area contributed by atoms with E-state index >= 15 is 0 Å². The number of carbonyl (C=O) groups excluding carboxylic acids is 1. The van der Waals surface area contributed by atoms with Gasteiger partial charge in [0.05, 0.1) is 6.04 Å². The van der Waals surface area contributed by atoms with Gasteiger partial charge >= 0.3 is 0 Å². The molecule has 0 radical (unpaired) electrons. The molecule has 6 rings (SSSR count). The quantitative estimate of drug-likeness (QED) is 0.439. The highest BCUT2D eigenvalue weighted by atomic mass is 32.2. The van der Waals surface area contributed by atoms with Gasteiger partial charge in [0.25, 0.3) is 5.91 Å². The number of hydrogen-bond donors (Lipinski definition) is 1. The summed E-state index contributed by atoms with van der Waals surface area (Å²) in [4.78, 5) is 29.4. The molecule has 8 heteroatoms. The van der Waals surface area contributed by atoms with Gasteiger partial charge in [0.1, 0.15) is 25.1 Å². The maximum atomic E-state index is 14.0. The average Bonchev–Trinajstić information content (AvgIpc) is 3.04. The van der Waals surface area contributed by atoms with E-state index in [0.717, 1.165) is 33.1 Å². The molecule has 0 aliphatic carbocycles. The predicted octanol–water partition coefficient (Wildman–Crippen LogP) is 4.66. The molecule has 2 bridgehead atoms. The van der Waals surface area contributed by atoms with Crippen molar-refractivity contribution in [1.82, 2.24) is 9.58 Å². The molecule has 2 atom stereocenters. The Labute approximate surface area is 219 Å². The van der Waals surface area contributed by atoms with E-state index in [9.17, 15) is 14.7 Å². The van der Waals surface area contributed by atoms with Crippen LogP contribution in [0.15, 0.2) is 76.6 Å². The van der Waals surface area contributed by atoms with Crippen molar-refractivity contribution < 1.29 is 14.6 Å². The maximum absolute atomic E-state index is 14.0. The lowest BCUT2D eigenvalue weighted by atomic mass is 9.85. The average molecular weight is 516 g/mol. The number of aromatic nitrogens is 1. The third-order valence-electron chi connectivity index (χ3n) is 7.29. The minimum absolute atomic E-state index is 0.0185. The van der Waals surface area contributed by atoms with Gasteiger partial charge in [0.2, 0.25) is 5.43 Å². The third kappa shape index (κ3) is 3.82. The second kappa shape index (κ2) is 8.73. The van der Waals surface area contributed by atoms with Gasteiger partial charge in [0.15, 0.2) is 11.4 Å². The van der Waals surface area contributed by atoms with Crippen LogP contribution in [0, 0.1) is 5.41 Å². The Morgan fingerprint density at radius 1 is 1.05 bits per heavy atom. The first-order chi connectivity index (χ1) is 17.8. The maximum Gasteiger partial charge on any atom is 0.278 e. The highest BCUT2D eigenvalue weighted by molar-refractivity contribution is 7.98. The van der Waals surface area contributed by atoms with Gasteiger partial charge in [-0.2, -0.15) is 0 Å². The normalized spacial score (nSPS) is 21.5. The highest BCUT2D eigenvalue weighted by Crippen LogP contribution is 2.46. The van der Waals surface area contributed by atoms with Crippen LogP contribution in [0.3, 0.4) is 0 Å². The first kappa shape index (κ1) is 23.7. The second-order valence-corrected chi connectivity index (χ2v) is 11.7. The fourth-order valence-corrected chi connectivity index (χ4v) is 6.65. The van der Waals surface area contributed by atoms with Crippen molar-refractivity contribution in [2.24, 2.45) is 5.41 Å². The number of rotatable bonds is 0. The Hall–Kier alpha value is -3.65. The van der Waals surface area contributed by atoms with Crippen LogP contribution in [-0.2, 0) is 5.75 Å². The van der Waals surface area contributed by atoms with E-state index in [1.165, 1.54) is 6.07 Å². The minimum atomic E-state index is -0.574. The van der Waals surface area contributed by atoms with Crippen molar-refractivity contribution in [2.75, 3.05) is 18.3 Å². The predicted molar refractivity (Wildman–Crippen MR) is 144 cm³/mol. The molecular formula is C29H29N3O4S. The zero-order chi connectivity index (χ0) is 25.9. The smallest absolute Gasteiger partial charge is 0.278 e. The molecule has 3 aliphatic heterocycles. The zero-order valence-electron chi connectivity index (χ0n) is 21.0. The third-order valence-corrected chi connectivity index (χ3v) is 8.43. The Morgan fingerprint density at radius 3 is 2.68 bits per heavy atom. The Bertz CT molecular complexity index is 1490. The van der Waals surface area contributed by atoms with Crippen molar-refractivity contribution in [2.45, 2.75) is 43.5 Å². The summed E-state index contributed by atoms with van der Waals surface area (Å²) in [5.74, 6) is 0.656. The zero-order valence-corrected chi connectivity index (χ0v) is 21.9. The number of pyridine rings is 1. The topological polar surface area (TPSA) is 75.0 Å². The summed E-state index contributed by atoms with van der Waals surface area (Å²) in [6, 6.07) is 15.1. The molecule has 3 aromatic rings. The number of fused-ring (bicyclic) bond motifs is 7. The lowest BCUT2D eigenvalue weighted by molar-refractivity contribution is 0.0505. The molecule has 3 aliphatic rings. The van der Waals surface area contributed by atoms with Crippen LogP contribution in [0.4, 0.5) is 0 Å². The largest absolute Gasteiger partial charge is 0.502 e. The summed E-state index contributed by atoms with van der Waals surface area (Å²) < 4.78 is 8.03. The molecule has 0 spiro atoms. The summed E-state index contributed by atoms with van der Waals surface area (Å²) in [7, 11) is 0. The van der Waals surface area contributed by atoms with Gasteiger partial charge in [-0.3, -0.25) is 19.3 Å².